The third kappa shape index (κ3) is 5.08. The average molecular weight is 485 g/mol. The van der Waals surface area contributed by atoms with Gasteiger partial charge in [-0.1, -0.05) is 63.6 Å². The molecular formula is C25H26BrFN2S. The van der Waals surface area contributed by atoms with Gasteiger partial charge in [-0.15, -0.1) is 0 Å². The summed E-state index contributed by atoms with van der Waals surface area (Å²) in [5, 5.41) is 0. The van der Waals surface area contributed by atoms with Crippen molar-refractivity contribution in [2.24, 2.45) is 0 Å². The molecule has 1 saturated heterocycles. The van der Waals surface area contributed by atoms with Crippen LogP contribution in [0.5, 0.6) is 0 Å². The highest BCUT2D eigenvalue weighted by atomic mass is 79.9. The lowest BCUT2D eigenvalue weighted by Gasteiger charge is -2.37. The summed E-state index contributed by atoms with van der Waals surface area (Å²) in [5.74, 6) is -0.137. The van der Waals surface area contributed by atoms with Crippen molar-refractivity contribution in [2.45, 2.75) is 30.2 Å². The number of hydrogen-bond acceptors (Lipinski definition) is 3. The molecule has 3 aromatic rings. The highest BCUT2D eigenvalue weighted by molar-refractivity contribution is 9.10. The van der Waals surface area contributed by atoms with Crippen LogP contribution in [0.3, 0.4) is 0 Å². The molecule has 30 heavy (non-hydrogen) atoms. The zero-order valence-corrected chi connectivity index (χ0v) is 19.8. The fourth-order valence-corrected chi connectivity index (χ4v) is 5.25. The quantitative estimate of drug-likeness (QED) is 0.398. The molecule has 0 aliphatic carbocycles. The van der Waals surface area contributed by atoms with Crippen LogP contribution in [-0.4, -0.2) is 31.1 Å². The number of piperazine rings is 1. The summed E-state index contributed by atoms with van der Waals surface area (Å²) < 4.78 is 15.0. The summed E-state index contributed by atoms with van der Waals surface area (Å²) in [4.78, 5) is 7.39. The molecule has 0 unspecified atom stereocenters. The first-order valence-electron chi connectivity index (χ1n) is 10.2. The summed E-state index contributed by atoms with van der Waals surface area (Å²) in [5.41, 5.74) is 4.66. The molecule has 2 nitrogen and oxygen atoms in total. The van der Waals surface area contributed by atoms with E-state index in [2.05, 4.69) is 82.0 Å². The van der Waals surface area contributed by atoms with Gasteiger partial charge in [-0.25, -0.2) is 4.39 Å². The molecule has 1 aliphatic heterocycles. The van der Waals surface area contributed by atoms with Gasteiger partial charge in [0.25, 0.3) is 0 Å². The number of para-hydroxylation sites is 1. The van der Waals surface area contributed by atoms with Crippen LogP contribution < -0.4 is 4.90 Å². The molecule has 0 aromatic heterocycles. The van der Waals surface area contributed by atoms with E-state index in [1.807, 2.05) is 23.9 Å². The standard InChI is InChI=1S/C25H26BrFN2S/c1-18-7-10-24(19(2)15-18)30-25-6-4-3-5-23(25)29-13-11-28(12-14-29)17-20-8-9-21(26)16-22(20)27/h3-10,15-16H,11-14,17H2,1-2H3. The molecule has 0 radical (unpaired) electrons. The maximum atomic E-state index is 14.2. The Morgan fingerprint density at radius 1 is 0.900 bits per heavy atom. The van der Waals surface area contributed by atoms with Crippen molar-refractivity contribution >= 4 is 33.4 Å². The SMILES string of the molecule is Cc1ccc(Sc2ccccc2N2CCN(Cc3ccc(Br)cc3F)CC2)c(C)c1. The van der Waals surface area contributed by atoms with E-state index in [0.29, 0.717) is 6.54 Å². The molecule has 0 amide bonds. The Morgan fingerprint density at radius 2 is 1.67 bits per heavy atom. The van der Waals surface area contributed by atoms with E-state index in [1.165, 1.54) is 26.6 Å². The average Bonchev–Trinajstić information content (AvgIpc) is 2.73. The molecule has 1 aliphatic rings. The van der Waals surface area contributed by atoms with Gasteiger partial charge in [0.05, 0.1) is 5.69 Å². The Balaban J connectivity index is 1.43. The van der Waals surface area contributed by atoms with Crippen LogP contribution in [0.4, 0.5) is 10.1 Å². The third-order valence-corrected chi connectivity index (χ3v) is 7.27. The molecule has 0 bridgehead atoms. The molecule has 1 fully saturated rings. The Morgan fingerprint density at radius 3 is 2.40 bits per heavy atom. The smallest absolute Gasteiger partial charge is 0.128 e. The fraction of sp³-hybridized carbons (Fsp3) is 0.280. The van der Waals surface area contributed by atoms with E-state index in [1.54, 1.807) is 6.07 Å². The van der Waals surface area contributed by atoms with Crippen LogP contribution in [0.15, 0.2) is 74.9 Å². The first-order valence-corrected chi connectivity index (χ1v) is 11.9. The van der Waals surface area contributed by atoms with Crippen molar-refractivity contribution in [3.63, 3.8) is 0 Å². The van der Waals surface area contributed by atoms with E-state index in [9.17, 15) is 4.39 Å². The van der Waals surface area contributed by atoms with Crippen molar-refractivity contribution < 1.29 is 4.39 Å². The number of hydrogen-bond donors (Lipinski definition) is 0. The second-order valence-electron chi connectivity index (χ2n) is 7.84. The summed E-state index contributed by atoms with van der Waals surface area (Å²) >= 11 is 5.17. The summed E-state index contributed by atoms with van der Waals surface area (Å²) in [6, 6.07) is 20.6. The van der Waals surface area contributed by atoms with E-state index in [4.69, 9.17) is 0 Å². The molecule has 5 heteroatoms. The molecule has 3 aromatic carbocycles. The molecule has 156 valence electrons. The van der Waals surface area contributed by atoms with Crippen LogP contribution in [-0.2, 0) is 6.54 Å². The number of halogens is 2. The number of benzene rings is 3. The predicted octanol–water partition coefficient (Wildman–Crippen LogP) is 6.68. The van der Waals surface area contributed by atoms with E-state index >= 15 is 0 Å². The monoisotopic (exact) mass is 484 g/mol. The highest BCUT2D eigenvalue weighted by Crippen LogP contribution is 2.37. The van der Waals surface area contributed by atoms with Crippen LogP contribution in [0, 0.1) is 19.7 Å². The predicted molar refractivity (Wildman–Crippen MR) is 128 cm³/mol. The van der Waals surface area contributed by atoms with Gasteiger partial charge < -0.3 is 4.90 Å². The molecular weight excluding hydrogens is 459 g/mol. The van der Waals surface area contributed by atoms with Gasteiger partial charge >= 0.3 is 0 Å². The summed E-state index contributed by atoms with van der Waals surface area (Å²) in [6.45, 7) is 8.72. The second kappa shape index (κ2) is 9.54. The van der Waals surface area contributed by atoms with Crippen molar-refractivity contribution in [1.82, 2.24) is 4.90 Å². The number of anilines is 1. The lowest BCUT2D eigenvalue weighted by Crippen LogP contribution is -2.46. The van der Waals surface area contributed by atoms with Gasteiger partial charge in [0.1, 0.15) is 5.82 Å². The van der Waals surface area contributed by atoms with Gasteiger partial charge in [-0.3, -0.25) is 4.90 Å². The second-order valence-corrected chi connectivity index (χ2v) is 9.84. The number of rotatable bonds is 5. The van der Waals surface area contributed by atoms with Gasteiger partial charge in [-0.05, 0) is 49.7 Å². The first-order chi connectivity index (χ1) is 14.5. The van der Waals surface area contributed by atoms with Gasteiger partial charge in [0.2, 0.25) is 0 Å². The van der Waals surface area contributed by atoms with Gasteiger partial charge in [0.15, 0.2) is 0 Å². The van der Waals surface area contributed by atoms with Crippen molar-refractivity contribution in [1.29, 1.82) is 0 Å². The summed E-state index contributed by atoms with van der Waals surface area (Å²) in [6.07, 6.45) is 0. The molecule has 0 spiro atoms. The minimum atomic E-state index is -0.137. The summed E-state index contributed by atoms with van der Waals surface area (Å²) in [7, 11) is 0. The normalized spacial score (nSPS) is 14.9. The zero-order chi connectivity index (χ0) is 21.1. The van der Waals surface area contributed by atoms with E-state index in [0.717, 1.165) is 36.2 Å². The number of aryl methyl sites for hydroxylation is 2. The fourth-order valence-electron chi connectivity index (χ4n) is 3.87. The van der Waals surface area contributed by atoms with Crippen LogP contribution in [0.2, 0.25) is 0 Å². The van der Waals surface area contributed by atoms with Crippen molar-refractivity contribution in [2.75, 3.05) is 31.1 Å². The first kappa shape index (κ1) is 21.4. The van der Waals surface area contributed by atoms with Gasteiger partial charge in [-0.2, -0.15) is 0 Å². The minimum Gasteiger partial charge on any atom is -0.368 e. The third-order valence-electron chi connectivity index (χ3n) is 5.54. The minimum absolute atomic E-state index is 0.137. The van der Waals surface area contributed by atoms with Crippen molar-refractivity contribution in [3.8, 4) is 0 Å². The molecule has 0 atom stereocenters. The van der Waals surface area contributed by atoms with E-state index < -0.39 is 0 Å². The van der Waals surface area contributed by atoms with Crippen molar-refractivity contribution in [3.05, 3.63) is 87.6 Å². The largest absolute Gasteiger partial charge is 0.368 e. The van der Waals surface area contributed by atoms with Crippen LogP contribution in [0.25, 0.3) is 0 Å². The van der Waals surface area contributed by atoms with Crippen LogP contribution >= 0.6 is 27.7 Å². The Bertz CT molecular complexity index is 1030. The highest BCUT2D eigenvalue weighted by Gasteiger charge is 2.20. The molecule has 0 N–H and O–H groups in total. The Hall–Kier alpha value is -1.82. The molecule has 4 rings (SSSR count). The lowest BCUT2D eigenvalue weighted by molar-refractivity contribution is 0.246. The maximum Gasteiger partial charge on any atom is 0.128 e. The maximum absolute atomic E-state index is 14.2. The topological polar surface area (TPSA) is 6.48 Å². The van der Waals surface area contributed by atoms with Gasteiger partial charge in [0, 0.05) is 52.6 Å². The number of nitrogens with zero attached hydrogens (tertiary/aromatic N) is 2. The Labute approximate surface area is 191 Å². The zero-order valence-electron chi connectivity index (χ0n) is 17.4. The molecule has 1 heterocycles. The Kier molecular flexibility index (Phi) is 6.81. The van der Waals surface area contributed by atoms with E-state index in [-0.39, 0.29) is 5.82 Å². The molecule has 0 saturated carbocycles. The lowest BCUT2D eigenvalue weighted by atomic mass is 10.1. The van der Waals surface area contributed by atoms with Crippen LogP contribution in [0.1, 0.15) is 16.7 Å².